The zero-order valence-electron chi connectivity index (χ0n) is 17.4. The van der Waals surface area contributed by atoms with Crippen molar-refractivity contribution in [3.8, 4) is 5.75 Å². The fourth-order valence-electron chi connectivity index (χ4n) is 3.58. The van der Waals surface area contributed by atoms with E-state index in [1.54, 1.807) is 11.1 Å². The largest absolute Gasteiger partial charge is 0.491 e. The zero-order valence-corrected chi connectivity index (χ0v) is 17.4. The molecule has 2 aromatic carbocycles. The minimum absolute atomic E-state index is 0.0812. The molecule has 2 unspecified atom stereocenters. The van der Waals surface area contributed by atoms with Crippen molar-refractivity contribution in [3.63, 3.8) is 0 Å². The van der Waals surface area contributed by atoms with Crippen LogP contribution in [0.3, 0.4) is 0 Å². The molecule has 5 nitrogen and oxygen atoms in total. The number of rotatable bonds is 6. The summed E-state index contributed by atoms with van der Waals surface area (Å²) in [6, 6.07) is 15.2. The third kappa shape index (κ3) is 5.05. The second-order valence-corrected chi connectivity index (χ2v) is 7.62. The maximum atomic E-state index is 12.8. The minimum atomic E-state index is -0.303. The second-order valence-electron chi connectivity index (χ2n) is 7.62. The smallest absolute Gasteiger partial charge is 0.223 e. The van der Waals surface area contributed by atoms with Gasteiger partial charge in [-0.05, 0) is 55.7 Å². The Bertz CT molecular complexity index is 903. The SMILES string of the molecule is CC(=O)N1C=Cc2ccccc2C1CC(=O)NC(C)c1ccc(OC(C)C)cc1. The summed E-state index contributed by atoms with van der Waals surface area (Å²) >= 11 is 0. The van der Waals surface area contributed by atoms with E-state index in [4.69, 9.17) is 4.74 Å². The highest BCUT2D eigenvalue weighted by Gasteiger charge is 2.28. The molecular weight excluding hydrogens is 364 g/mol. The quantitative estimate of drug-likeness (QED) is 0.781. The Labute approximate surface area is 172 Å². The number of carbonyl (C=O) groups excluding carboxylic acids is 2. The third-order valence-electron chi connectivity index (χ3n) is 4.98. The summed E-state index contributed by atoms with van der Waals surface area (Å²) in [5, 5.41) is 3.05. The van der Waals surface area contributed by atoms with Crippen molar-refractivity contribution >= 4 is 17.9 Å². The van der Waals surface area contributed by atoms with Gasteiger partial charge in [0, 0.05) is 13.1 Å². The first-order chi connectivity index (χ1) is 13.8. The van der Waals surface area contributed by atoms with Gasteiger partial charge in [-0.2, -0.15) is 0 Å². The van der Waals surface area contributed by atoms with Gasteiger partial charge < -0.3 is 15.0 Å². The Morgan fingerprint density at radius 2 is 1.76 bits per heavy atom. The molecule has 2 atom stereocenters. The van der Waals surface area contributed by atoms with Gasteiger partial charge >= 0.3 is 0 Å². The Balaban J connectivity index is 1.69. The topological polar surface area (TPSA) is 58.6 Å². The summed E-state index contributed by atoms with van der Waals surface area (Å²) in [5.74, 6) is 0.633. The van der Waals surface area contributed by atoms with E-state index >= 15 is 0 Å². The van der Waals surface area contributed by atoms with Gasteiger partial charge in [-0.15, -0.1) is 0 Å². The molecular formula is C24H28N2O3. The highest BCUT2D eigenvalue weighted by Crippen LogP contribution is 2.33. The van der Waals surface area contributed by atoms with Crippen LogP contribution in [0.2, 0.25) is 0 Å². The molecule has 0 saturated heterocycles. The maximum Gasteiger partial charge on any atom is 0.223 e. The average Bonchev–Trinajstić information content (AvgIpc) is 2.68. The van der Waals surface area contributed by atoms with Crippen molar-refractivity contribution in [1.82, 2.24) is 10.2 Å². The van der Waals surface area contributed by atoms with Crippen molar-refractivity contribution < 1.29 is 14.3 Å². The molecule has 152 valence electrons. The molecule has 0 aromatic heterocycles. The van der Waals surface area contributed by atoms with E-state index < -0.39 is 0 Å². The van der Waals surface area contributed by atoms with Crippen LogP contribution in [0.5, 0.6) is 5.75 Å². The van der Waals surface area contributed by atoms with Gasteiger partial charge in [0.2, 0.25) is 11.8 Å². The Kier molecular flexibility index (Phi) is 6.37. The summed E-state index contributed by atoms with van der Waals surface area (Å²) in [6.07, 6.45) is 4.00. The standard InChI is InChI=1S/C24H28N2O3/c1-16(2)29-21-11-9-19(10-12-21)17(3)25-24(28)15-23-22-8-6-5-7-20(22)13-14-26(23)18(4)27/h5-14,16-17,23H,15H2,1-4H3,(H,25,28). The lowest BCUT2D eigenvalue weighted by Gasteiger charge is -2.32. The number of amides is 2. The number of fused-ring (bicyclic) bond motifs is 1. The molecule has 2 aromatic rings. The van der Waals surface area contributed by atoms with Crippen LogP contribution in [-0.2, 0) is 9.59 Å². The summed E-state index contributed by atoms with van der Waals surface area (Å²) in [6.45, 7) is 7.44. The molecule has 5 heteroatoms. The predicted octanol–water partition coefficient (Wildman–Crippen LogP) is 4.62. The van der Waals surface area contributed by atoms with E-state index in [1.165, 1.54) is 6.92 Å². The average molecular weight is 392 g/mol. The van der Waals surface area contributed by atoms with E-state index in [-0.39, 0.29) is 36.4 Å². The van der Waals surface area contributed by atoms with Crippen LogP contribution >= 0.6 is 0 Å². The molecule has 0 fully saturated rings. The summed E-state index contributed by atoms with van der Waals surface area (Å²) < 4.78 is 5.67. The van der Waals surface area contributed by atoms with Crippen molar-refractivity contribution in [1.29, 1.82) is 0 Å². The molecule has 1 aliphatic heterocycles. The molecule has 29 heavy (non-hydrogen) atoms. The van der Waals surface area contributed by atoms with Gasteiger partial charge in [0.05, 0.1) is 24.6 Å². The Morgan fingerprint density at radius 3 is 2.41 bits per heavy atom. The fraction of sp³-hybridized carbons (Fsp3) is 0.333. The number of nitrogens with zero attached hydrogens (tertiary/aromatic N) is 1. The van der Waals surface area contributed by atoms with Crippen LogP contribution in [0.4, 0.5) is 0 Å². The monoisotopic (exact) mass is 392 g/mol. The fourth-order valence-corrected chi connectivity index (χ4v) is 3.58. The first kappa shape index (κ1) is 20.6. The number of carbonyl (C=O) groups is 2. The van der Waals surface area contributed by atoms with Gasteiger partial charge in [0.25, 0.3) is 0 Å². The van der Waals surface area contributed by atoms with E-state index in [0.717, 1.165) is 22.4 Å². The summed E-state index contributed by atoms with van der Waals surface area (Å²) in [5.41, 5.74) is 3.03. The number of nitrogens with one attached hydrogen (secondary N) is 1. The van der Waals surface area contributed by atoms with E-state index in [0.29, 0.717) is 0 Å². The van der Waals surface area contributed by atoms with Crippen LogP contribution in [0.25, 0.3) is 6.08 Å². The van der Waals surface area contributed by atoms with E-state index in [2.05, 4.69) is 5.32 Å². The zero-order chi connectivity index (χ0) is 21.0. The van der Waals surface area contributed by atoms with Crippen molar-refractivity contribution in [2.45, 2.75) is 52.3 Å². The van der Waals surface area contributed by atoms with Gasteiger partial charge in [-0.1, -0.05) is 36.4 Å². The lowest BCUT2D eigenvalue weighted by Crippen LogP contribution is -2.36. The highest BCUT2D eigenvalue weighted by atomic mass is 16.5. The van der Waals surface area contributed by atoms with Crippen LogP contribution in [0.1, 0.15) is 62.9 Å². The molecule has 0 aliphatic carbocycles. The van der Waals surface area contributed by atoms with Crippen LogP contribution in [-0.4, -0.2) is 22.8 Å². The van der Waals surface area contributed by atoms with Crippen molar-refractivity contribution in [2.75, 3.05) is 0 Å². The van der Waals surface area contributed by atoms with Gasteiger partial charge in [0.15, 0.2) is 0 Å². The summed E-state index contributed by atoms with van der Waals surface area (Å²) in [7, 11) is 0. The van der Waals surface area contributed by atoms with Gasteiger partial charge in [-0.3, -0.25) is 9.59 Å². The molecule has 2 amide bonds. The van der Waals surface area contributed by atoms with Crippen molar-refractivity contribution in [3.05, 3.63) is 71.4 Å². The molecule has 1 aliphatic rings. The highest BCUT2D eigenvalue weighted by molar-refractivity contribution is 5.82. The Hall–Kier alpha value is -3.08. The third-order valence-corrected chi connectivity index (χ3v) is 4.98. The van der Waals surface area contributed by atoms with Crippen molar-refractivity contribution in [2.24, 2.45) is 0 Å². The number of hydrogen-bond donors (Lipinski definition) is 1. The molecule has 0 bridgehead atoms. The molecule has 0 spiro atoms. The lowest BCUT2D eigenvalue weighted by atomic mass is 9.93. The maximum absolute atomic E-state index is 12.8. The second kappa shape index (κ2) is 8.95. The first-order valence-electron chi connectivity index (χ1n) is 9.97. The molecule has 1 N–H and O–H groups in total. The number of hydrogen-bond acceptors (Lipinski definition) is 3. The normalized spacial score (nSPS) is 16.3. The molecule has 1 heterocycles. The summed E-state index contributed by atoms with van der Waals surface area (Å²) in [4.78, 5) is 26.5. The van der Waals surface area contributed by atoms with E-state index in [1.807, 2.05) is 75.4 Å². The van der Waals surface area contributed by atoms with Crippen LogP contribution < -0.4 is 10.1 Å². The van der Waals surface area contributed by atoms with Gasteiger partial charge in [-0.25, -0.2) is 0 Å². The molecule has 0 radical (unpaired) electrons. The number of benzene rings is 2. The molecule has 0 saturated carbocycles. The van der Waals surface area contributed by atoms with Crippen LogP contribution in [0.15, 0.2) is 54.7 Å². The minimum Gasteiger partial charge on any atom is -0.491 e. The Morgan fingerprint density at radius 1 is 1.07 bits per heavy atom. The predicted molar refractivity (Wildman–Crippen MR) is 114 cm³/mol. The first-order valence-corrected chi connectivity index (χ1v) is 9.97. The lowest BCUT2D eigenvalue weighted by molar-refractivity contribution is -0.130. The van der Waals surface area contributed by atoms with E-state index in [9.17, 15) is 9.59 Å². The number of ether oxygens (including phenoxy) is 1. The molecule has 3 rings (SSSR count). The van der Waals surface area contributed by atoms with Crippen LogP contribution in [0, 0.1) is 0 Å². The van der Waals surface area contributed by atoms with Gasteiger partial charge in [0.1, 0.15) is 5.75 Å².